The zero-order chi connectivity index (χ0) is 25.4. The molecule has 7 nitrogen and oxygen atoms in total. The van der Waals surface area contributed by atoms with Crippen LogP contribution in [0.1, 0.15) is 41.2 Å². The predicted molar refractivity (Wildman–Crippen MR) is 127 cm³/mol. The summed E-state index contributed by atoms with van der Waals surface area (Å²) in [5, 5.41) is 8.04. The molecule has 10 heteroatoms. The lowest BCUT2D eigenvalue weighted by Gasteiger charge is -2.08. The molecule has 2 aromatic carbocycles. The van der Waals surface area contributed by atoms with Crippen LogP contribution >= 0.6 is 0 Å². The van der Waals surface area contributed by atoms with Crippen LogP contribution in [0.15, 0.2) is 65.4 Å². The van der Waals surface area contributed by atoms with Gasteiger partial charge < -0.3 is 13.9 Å². The van der Waals surface area contributed by atoms with E-state index in [0.29, 0.717) is 17.1 Å². The van der Waals surface area contributed by atoms with Gasteiger partial charge >= 0.3 is 6.36 Å². The molecule has 0 unspecified atom stereocenters. The maximum Gasteiger partial charge on any atom is 0.573 e. The average Bonchev–Trinajstić information content (AvgIpc) is 3.48. The Morgan fingerprint density at radius 1 is 0.917 bits per heavy atom. The van der Waals surface area contributed by atoms with Crippen molar-refractivity contribution in [2.45, 2.75) is 38.7 Å². The molecule has 0 atom stereocenters. The van der Waals surface area contributed by atoms with Crippen LogP contribution < -0.4 is 9.47 Å². The maximum atomic E-state index is 12.2. The van der Waals surface area contributed by atoms with Crippen LogP contribution in [0.3, 0.4) is 0 Å². The van der Waals surface area contributed by atoms with E-state index in [4.69, 9.17) is 9.15 Å². The number of aryl methyl sites for hydroxylation is 3. The minimum atomic E-state index is -4.71. The fourth-order valence-corrected chi connectivity index (χ4v) is 3.47. The fourth-order valence-electron chi connectivity index (χ4n) is 3.47. The van der Waals surface area contributed by atoms with Crippen LogP contribution in [0.25, 0.3) is 12.2 Å². The lowest BCUT2D eigenvalue weighted by molar-refractivity contribution is -0.274. The van der Waals surface area contributed by atoms with Gasteiger partial charge in [-0.25, -0.2) is 4.98 Å². The number of alkyl halides is 3. The van der Waals surface area contributed by atoms with Crippen molar-refractivity contribution in [3.8, 4) is 11.5 Å². The Morgan fingerprint density at radius 2 is 1.64 bits per heavy atom. The second-order valence-corrected chi connectivity index (χ2v) is 8.15. The highest BCUT2D eigenvalue weighted by atomic mass is 19.4. The third-order valence-corrected chi connectivity index (χ3v) is 5.21. The van der Waals surface area contributed by atoms with Gasteiger partial charge in [0.2, 0.25) is 5.89 Å². The van der Waals surface area contributed by atoms with Gasteiger partial charge in [0, 0.05) is 19.3 Å². The van der Waals surface area contributed by atoms with Crippen LogP contribution in [0.5, 0.6) is 11.5 Å². The second kappa shape index (κ2) is 11.6. The van der Waals surface area contributed by atoms with Gasteiger partial charge in [-0.15, -0.1) is 18.3 Å². The molecule has 0 saturated carbocycles. The molecule has 2 heterocycles. The van der Waals surface area contributed by atoms with Crippen molar-refractivity contribution in [2.24, 2.45) is 7.05 Å². The molecule has 0 bridgehead atoms. The van der Waals surface area contributed by atoms with Gasteiger partial charge in [0.15, 0.2) is 0 Å². The summed E-state index contributed by atoms with van der Waals surface area (Å²) in [4.78, 5) is 4.34. The largest absolute Gasteiger partial charge is 0.573 e. The van der Waals surface area contributed by atoms with E-state index >= 15 is 0 Å². The molecule has 188 valence electrons. The zero-order valence-electron chi connectivity index (χ0n) is 19.6. The average molecular weight is 499 g/mol. The summed E-state index contributed by atoms with van der Waals surface area (Å²) in [5.74, 6) is 0.822. The van der Waals surface area contributed by atoms with E-state index in [1.54, 1.807) is 16.8 Å². The first kappa shape index (κ1) is 25.0. The molecule has 0 amide bonds. The van der Waals surface area contributed by atoms with E-state index < -0.39 is 6.36 Å². The Balaban J connectivity index is 1.19. The first-order chi connectivity index (χ1) is 17.3. The highest BCUT2D eigenvalue weighted by Crippen LogP contribution is 2.23. The normalized spacial score (nSPS) is 11.8. The molecule has 36 heavy (non-hydrogen) atoms. The molecule has 0 radical (unpaired) electrons. The van der Waals surface area contributed by atoms with Gasteiger partial charge in [-0.2, -0.15) is 0 Å². The SMILES string of the molecule is Cn1cc(CCCCc2ccc(OCc3coc(C=Cc4ccc(OC(F)(F)F)cc4)n3)cc2)nn1. The lowest BCUT2D eigenvalue weighted by Crippen LogP contribution is -2.16. The summed E-state index contributed by atoms with van der Waals surface area (Å²) in [6.45, 7) is 0.248. The number of hydrogen-bond acceptors (Lipinski definition) is 6. The summed E-state index contributed by atoms with van der Waals surface area (Å²) in [7, 11) is 1.87. The highest BCUT2D eigenvalue weighted by Gasteiger charge is 2.30. The summed E-state index contributed by atoms with van der Waals surface area (Å²) in [5.41, 5.74) is 3.56. The van der Waals surface area contributed by atoms with Gasteiger partial charge in [0.05, 0.1) is 5.69 Å². The van der Waals surface area contributed by atoms with Gasteiger partial charge in [-0.1, -0.05) is 29.5 Å². The number of halogens is 3. The number of aromatic nitrogens is 4. The van der Waals surface area contributed by atoms with Crippen LogP contribution in [-0.4, -0.2) is 26.3 Å². The summed E-state index contributed by atoms with van der Waals surface area (Å²) >= 11 is 0. The number of ether oxygens (including phenoxy) is 2. The molecule has 4 rings (SSSR count). The third kappa shape index (κ3) is 8.00. The van der Waals surface area contributed by atoms with Crippen LogP contribution in [-0.2, 0) is 26.5 Å². The van der Waals surface area contributed by atoms with Crippen molar-refractivity contribution in [1.82, 2.24) is 20.0 Å². The predicted octanol–water partition coefficient (Wildman–Crippen LogP) is 6.02. The molecule has 0 saturated heterocycles. The van der Waals surface area contributed by atoms with Crippen LogP contribution in [0.2, 0.25) is 0 Å². The molecular weight excluding hydrogens is 473 g/mol. The van der Waals surface area contributed by atoms with Crippen molar-refractivity contribution in [3.05, 3.63) is 89.4 Å². The van der Waals surface area contributed by atoms with E-state index in [2.05, 4.69) is 32.2 Å². The van der Waals surface area contributed by atoms with E-state index in [-0.39, 0.29) is 12.4 Å². The quantitative estimate of drug-likeness (QED) is 0.236. The molecule has 0 fully saturated rings. The van der Waals surface area contributed by atoms with E-state index in [0.717, 1.165) is 37.1 Å². The van der Waals surface area contributed by atoms with E-state index in [9.17, 15) is 13.2 Å². The molecular formula is C26H25F3N4O3. The van der Waals surface area contributed by atoms with Gasteiger partial charge in [0.25, 0.3) is 0 Å². The summed E-state index contributed by atoms with van der Waals surface area (Å²) in [6.07, 6.45) is 6.07. The molecule has 0 aliphatic carbocycles. The second-order valence-electron chi connectivity index (χ2n) is 8.15. The lowest BCUT2D eigenvalue weighted by atomic mass is 10.1. The van der Waals surface area contributed by atoms with Crippen molar-refractivity contribution >= 4 is 12.2 Å². The Morgan fingerprint density at radius 3 is 2.33 bits per heavy atom. The minimum Gasteiger partial charge on any atom is -0.487 e. The fraction of sp³-hybridized carbons (Fsp3) is 0.269. The Hall–Kier alpha value is -4.08. The first-order valence-electron chi connectivity index (χ1n) is 11.4. The zero-order valence-corrected chi connectivity index (χ0v) is 19.6. The summed E-state index contributed by atoms with van der Waals surface area (Å²) in [6, 6.07) is 13.5. The molecule has 0 aliphatic heterocycles. The van der Waals surface area contributed by atoms with E-state index in [1.807, 2.05) is 25.4 Å². The van der Waals surface area contributed by atoms with Crippen molar-refractivity contribution in [1.29, 1.82) is 0 Å². The maximum absolute atomic E-state index is 12.2. The summed E-state index contributed by atoms with van der Waals surface area (Å²) < 4.78 is 53.5. The Bertz CT molecular complexity index is 1260. The van der Waals surface area contributed by atoms with Crippen molar-refractivity contribution in [2.75, 3.05) is 0 Å². The number of rotatable bonds is 11. The third-order valence-electron chi connectivity index (χ3n) is 5.21. The van der Waals surface area contributed by atoms with Gasteiger partial charge in [-0.3, -0.25) is 4.68 Å². The number of nitrogens with zero attached hydrogens (tertiary/aromatic N) is 4. The van der Waals surface area contributed by atoms with Crippen molar-refractivity contribution in [3.63, 3.8) is 0 Å². The Kier molecular flexibility index (Phi) is 8.04. The topological polar surface area (TPSA) is 75.2 Å². The molecule has 0 aliphatic rings. The number of hydrogen-bond donors (Lipinski definition) is 0. The monoisotopic (exact) mass is 498 g/mol. The number of benzene rings is 2. The standard InChI is InChI=1S/C26H25F3N4O3/c1-33-16-21(31-32-33)5-3-2-4-19-6-11-23(12-7-19)34-17-22-18-35-25(30-22)15-10-20-8-13-24(14-9-20)36-26(27,28)29/h6-16,18H,2-5,17H2,1H3. The van der Waals surface area contributed by atoms with Gasteiger partial charge in [0.1, 0.15) is 30.1 Å². The number of unbranched alkanes of at least 4 members (excludes halogenated alkanes) is 1. The molecule has 4 aromatic rings. The van der Waals surface area contributed by atoms with Crippen LogP contribution in [0.4, 0.5) is 13.2 Å². The smallest absolute Gasteiger partial charge is 0.487 e. The van der Waals surface area contributed by atoms with Crippen molar-refractivity contribution < 1.29 is 27.1 Å². The van der Waals surface area contributed by atoms with Crippen LogP contribution in [0, 0.1) is 0 Å². The van der Waals surface area contributed by atoms with Gasteiger partial charge in [-0.05, 0) is 67.2 Å². The molecule has 0 N–H and O–H groups in total. The van der Waals surface area contributed by atoms with E-state index in [1.165, 1.54) is 36.1 Å². The Labute approximate surface area is 206 Å². The first-order valence-corrected chi connectivity index (χ1v) is 11.4. The number of oxazole rings is 1. The highest BCUT2D eigenvalue weighted by molar-refractivity contribution is 5.66. The minimum absolute atomic E-state index is 0.248. The molecule has 2 aromatic heterocycles. The molecule has 0 spiro atoms.